The number of hydrogen-bond acceptors (Lipinski definition) is 4. The maximum absolute atomic E-state index is 13.0. The maximum Gasteiger partial charge on any atom is 0.278 e. The topological polar surface area (TPSA) is 79.8 Å². The van der Waals surface area contributed by atoms with Gasteiger partial charge in [0.25, 0.3) is 5.56 Å². The van der Waals surface area contributed by atoms with Gasteiger partial charge in [0.2, 0.25) is 5.91 Å². The summed E-state index contributed by atoms with van der Waals surface area (Å²) in [4.78, 5) is 33.3. The van der Waals surface area contributed by atoms with E-state index in [2.05, 4.69) is 35.2 Å². The van der Waals surface area contributed by atoms with Gasteiger partial charge < -0.3 is 10.3 Å². The van der Waals surface area contributed by atoms with E-state index in [-0.39, 0.29) is 23.3 Å². The van der Waals surface area contributed by atoms with E-state index in [9.17, 15) is 9.59 Å². The SMILES string of the molecule is CC[C@H](C)n1c(SCC(=O)Nc2cccc(C(C)C)c2)nc2cc(C)[nH]c2c1=O. The lowest BCUT2D eigenvalue weighted by molar-refractivity contribution is -0.113. The molecule has 0 unspecified atom stereocenters. The second-order valence-corrected chi connectivity index (χ2v) is 8.60. The van der Waals surface area contributed by atoms with Gasteiger partial charge in [-0.25, -0.2) is 4.98 Å². The molecule has 154 valence electrons. The number of thioether (sulfide) groups is 1. The molecule has 0 fully saturated rings. The largest absolute Gasteiger partial charge is 0.353 e. The number of H-pyrrole nitrogens is 1. The van der Waals surface area contributed by atoms with Crippen LogP contribution in [0.25, 0.3) is 11.0 Å². The number of anilines is 1. The molecule has 0 radical (unpaired) electrons. The monoisotopic (exact) mass is 412 g/mol. The smallest absolute Gasteiger partial charge is 0.278 e. The van der Waals surface area contributed by atoms with Gasteiger partial charge in [-0.05, 0) is 49.9 Å². The Balaban J connectivity index is 1.81. The van der Waals surface area contributed by atoms with Gasteiger partial charge in [-0.15, -0.1) is 0 Å². The van der Waals surface area contributed by atoms with Gasteiger partial charge in [0, 0.05) is 17.4 Å². The average Bonchev–Trinajstić information content (AvgIpc) is 3.06. The average molecular weight is 413 g/mol. The van der Waals surface area contributed by atoms with Crippen LogP contribution < -0.4 is 10.9 Å². The van der Waals surface area contributed by atoms with Crippen molar-refractivity contribution in [3.05, 3.63) is 51.9 Å². The number of aryl methyl sites for hydroxylation is 1. The Morgan fingerprint density at radius 1 is 1.28 bits per heavy atom. The molecule has 0 saturated carbocycles. The Kier molecular flexibility index (Phi) is 6.47. The van der Waals surface area contributed by atoms with Crippen LogP contribution in [0.5, 0.6) is 0 Å². The molecule has 3 aromatic rings. The molecule has 7 heteroatoms. The number of aromatic amines is 1. The van der Waals surface area contributed by atoms with E-state index < -0.39 is 0 Å². The standard InChI is InChI=1S/C22H28N4O2S/c1-6-15(5)26-21(28)20-18(10-14(4)23-20)25-22(26)29-12-19(27)24-17-9-7-8-16(11-17)13(2)3/h7-11,13,15,23H,6,12H2,1-5H3,(H,24,27)/t15-/m0/s1. The molecule has 0 saturated heterocycles. The zero-order valence-electron chi connectivity index (χ0n) is 17.6. The van der Waals surface area contributed by atoms with Gasteiger partial charge in [-0.1, -0.05) is 44.7 Å². The molecule has 0 bridgehead atoms. The lowest BCUT2D eigenvalue weighted by Gasteiger charge is -2.17. The van der Waals surface area contributed by atoms with Gasteiger partial charge >= 0.3 is 0 Å². The highest BCUT2D eigenvalue weighted by atomic mass is 32.2. The van der Waals surface area contributed by atoms with E-state index in [1.54, 1.807) is 4.57 Å². The number of fused-ring (bicyclic) bond motifs is 1. The molecule has 1 aromatic carbocycles. The molecule has 2 heterocycles. The molecular weight excluding hydrogens is 384 g/mol. The van der Waals surface area contributed by atoms with Gasteiger partial charge in [0.1, 0.15) is 5.52 Å². The fraction of sp³-hybridized carbons (Fsp3) is 0.409. The van der Waals surface area contributed by atoms with Crippen molar-refractivity contribution >= 4 is 34.4 Å². The van der Waals surface area contributed by atoms with Crippen LogP contribution in [0.1, 0.15) is 57.3 Å². The van der Waals surface area contributed by atoms with Crippen molar-refractivity contribution in [2.75, 3.05) is 11.1 Å². The summed E-state index contributed by atoms with van der Waals surface area (Å²) in [6.45, 7) is 10.2. The highest BCUT2D eigenvalue weighted by Gasteiger charge is 2.18. The lowest BCUT2D eigenvalue weighted by Crippen LogP contribution is -2.26. The molecule has 29 heavy (non-hydrogen) atoms. The predicted octanol–water partition coefficient (Wildman–Crippen LogP) is 4.86. The van der Waals surface area contributed by atoms with Crippen molar-refractivity contribution in [1.82, 2.24) is 14.5 Å². The highest BCUT2D eigenvalue weighted by Crippen LogP contribution is 2.23. The maximum atomic E-state index is 13.0. The Morgan fingerprint density at radius 3 is 2.72 bits per heavy atom. The number of hydrogen-bond donors (Lipinski definition) is 2. The van der Waals surface area contributed by atoms with E-state index >= 15 is 0 Å². The molecule has 1 amide bonds. The van der Waals surface area contributed by atoms with Crippen molar-refractivity contribution in [3.8, 4) is 0 Å². The third kappa shape index (κ3) is 4.72. The van der Waals surface area contributed by atoms with Crippen LogP contribution in [-0.4, -0.2) is 26.2 Å². The van der Waals surface area contributed by atoms with Crippen LogP contribution in [0, 0.1) is 6.92 Å². The molecular formula is C22H28N4O2S. The number of amides is 1. The number of aromatic nitrogens is 3. The van der Waals surface area contributed by atoms with Crippen LogP contribution in [0.3, 0.4) is 0 Å². The van der Waals surface area contributed by atoms with Crippen molar-refractivity contribution < 1.29 is 4.79 Å². The predicted molar refractivity (Wildman–Crippen MR) is 120 cm³/mol. The first kappa shape index (κ1) is 21.2. The Labute approximate surface area is 175 Å². The molecule has 0 aliphatic rings. The van der Waals surface area contributed by atoms with Gasteiger partial charge in [-0.2, -0.15) is 0 Å². The zero-order chi connectivity index (χ0) is 21.1. The molecule has 1 atom stereocenters. The Bertz CT molecular complexity index is 1080. The van der Waals surface area contributed by atoms with Crippen LogP contribution in [0.15, 0.2) is 40.3 Å². The minimum atomic E-state index is -0.119. The summed E-state index contributed by atoms with van der Waals surface area (Å²) in [6, 6.07) is 9.74. The summed E-state index contributed by atoms with van der Waals surface area (Å²) in [6.07, 6.45) is 0.800. The molecule has 6 nitrogen and oxygen atoms in total. The van der Waals surface area contributed by atoms with E-state index in [4.69, 9.17) is 0 Å². The van der Waals surface area contributed by atoms with Crippen molar-refractivity contribution in [1.29, 1.82) is 0 Å². The van der Waals surface area contributed by atoms with Crippen LogP contribution in [0.2, 0.25) is 0 Å². The lowest BCUT2D eigenvalue weighted by atomic mass is 10.0. The van der Waals surface area contributed by atoms with Crippen LogP contribution in [-0.2, 0) is 4.79 Å². The first-order valence-corrected chi connectivity index (χ1v) is 10.9. The fourth-order valence-corrected chi connectivity index (χ4v) is 4.06. The van der Waals surface area contributed by atoms with Crippen molar-refractivity contribution in [2.24, 2.45) is 0 Å². The highest BCUT2D eigenvalue weighted by molar-refractivity contribution is 7.99. The number of nitrogens with zero attached hydrogens (tertiary/aromatic N) is 2. The molecule has 0 aliphatic heterocycles. The first-order valence-electron chi connectivity index (χ1n) is 9.94. The third-order valence-corrected chi connectivity index (χ3v) is 5.94. The zero-order valence-corrected chi connectivity index (χ0v) is 18.4. The van der Waals surface area contributed by atoms with E-state index in [0.29, 0.717) is 22.1 Å². The normalized spacial score (nSPS) is 12.5. The van der Waals surface area contributed by atoms with E-state index in [1.807, 2.05) is 45.0 Å². The van der Waals surface area contributed by atoms with Gasteiger partial charge in [0.15, 0.2) is 5.16 Å². The number of benzene rings is 1. The number of rotatable bonds is 7. The quantitative estimate of drug-likeness (QED) is 0.429. The first-order chi connectivity index (χ1) is 13.8. The summed E-state index contributed by atoms with van der Waals surface area (Å²) in [5.41, 5.74) is 3.92. The van der Waals surface area contributed by atoms with Crippen LogP contribution in [0.4, 0.5) is 5.69 Å². The molecule has 2 aromatic heterocycles. The number of carbonyl (C=O) groups excluding carboxylic acids is 1. The fourth-order valence-electron chi connectivity index (χ4n) is 3.17. The summed E-state index contributed by atoms with van der Waals surface area (Å²) in [5.74, 6) is 0.460. The van der Waals surface area contributed by atoms with Gasteiger partial charge in [-0.3, -0.25) is 14.2 Å². The van der Waals surface area contributed by atoms with Gasteiger partial charge in [0.05, 0.1) is 11.3 Å². The third-order valence-electron chi connectivity index (χ3n) is 4.99. The van der Waals surface area contributed by atoms with E-state index in [1.165, 1.54) is 17.3 Å². The Morgan fingerprint density at radius 2 is 2.03 bits per heavy atom. The van der Waals surface area contributed by atoms with Crippen LogP contribution >= 0.6 is 11.8 Å². The number of carbonyl (C=O) groups is 1. The summed E-state index contributed by atoms with van der Waals surface area (Å²) in [5, 5.41) is 3.52. The molecule has 2 N–H and O–H groups in total. The summed E-state index contributed by atoms with van der Waals surface area (Å²) in [7, 11) is 0. The number of nitrogens with one attached hydrogen (secondary N) is 2. The molecule has 0 spiro atoms. The summed E-state index contributed by atoms with van der Waals surface area (Å²) >= 11 is 1.29. The van der Waals surface area contributed by atoms with Crippen molar-refractivity contribution in [2.45, 2.75) is 58.2 Å². The molecule has 0 aliphatic carbocycles. The van der Waals surface area contributed by atoms with Crippen molar-refractivity contribution in [3.63, 3.8) is 0 Å². The second kappa shape index (κ2) is 8.86. The molecule has 3 rings (SSSR count). The Hall–Kier alpha value is -2.54. The second-order valence-electron chi connectivity index (χ2n) is 7.66. The minimum Gasteiger partial charge on any atom is -0.353 e. The minimum absolute atomic E-state index is 0.00343. The van der Waals surface area contributed by atoms with E-state index in [0.717, 1.165) is 17.8 Å². The summed E-state index contributed by atoms with van der Waals surface area (Å²) < 4.78 is 1.69.